The molecule has 0 saturated carbocycles. The number of esters is 3. The molecule has 0 aromatic rings. The monoisotopic (exact) mass is 1090 g/mol. The first-order valence-corrected chi connectivity index (χ1v) is 35.2. The third-order valence-electron chi connectivity index (χ3n) is 16.3. The van der Waals surface area contributed by atoms with Crippen molar-refractivity contribution >= 4 is 17.9 Å². The number of hydrogen-bond acceptors (Lipinski definition) is 6. The molecule has 0 saturated heterocycles. The average molecular weight is 1090 g/mol. The van der Waals surface area contributed by atoms with Crippen molar-refractivity contribution in [2.45, 2.75) is 412 Å². The zero-order valence-corrected chi connectivity index (χ0v) is 52.5. The Labute approximate surface area is 481 Å². The number of carbonyl (C=O) groups is 3. The predicted octanol–water partition coefficient (Wildman–Crippen LogP) is 24.0. The molecule has 6 nitrogen and oxygen atoms in total. The van der Waals surface area contributed by atoms with E-state index in [2.05, 4.69) is 32.9 Å². The van der Waals surface area contributed by atoms with Gasteiger partial charge in [-0.1, -0.05) is 354 Å². The summed E-state index contributed by atoms with van der Waals surface area (Å²) in [5, 5.41) is 0. The maximum atomic E-state index is 13.0. The molecular formula is C71H136O6. The highest BCUT2D eigenvalue weighted by Crippen LogP contribution is 2.19. The van der Waals surface area contributed by atoms with Gasteiger partial charge in [-0.25, -0.2) is 0 Å². The van der Waals surface area contributed by atoms with E-state index in [9.17, 15) is 14.4 Å². The van der Waals surface area contributed by atoms with Crippen molar-refractivity contribution < 1.29 is 28.6 Å². The summed E-state index contributed by atoms with van der Waals surface area (Å²) in [6, 6.07) is 0. The maximum absolute atomic E-state index is 13.0. The molecule has 0 aliphatic heterocycles. The van der Waals surface area contributed by atoms with E-state index in [1.54, 1.807) is 0 Å². The smallest absolute Gasteiger partial charge is 0.306 e. The lowest BCUT2D eigenvalue weighted by Gasteiger charge is -2.18. The van der Waals surface area contributed by atoms with Gasteiger partial charge < -0.3 is 14.2 Å². The molecule has 77 heavy (non-hydrogen) atoms. The molecule has 0 aliphatic carbocycles. The van der Waals surface area contributed by atoms with Crippen molar-refractivity contribution in [2.24, 2.45) is 0 Å². The highest BCUT2D eigenvalue weighted by molar-refractivity contribution is 5.71. The molecule has 0 aromatic heterocycles. The van der Waals surface area contributed by atoms with Crippen LogP contribution in [0.2, 0.25) is 0 Å². The van der Waals surface area contributed by atoms with Crippen molar-refractivity contribution in [2.75, 3.05) is 13.2 Å². The van der Waals surface area contributed by atoms with Crippen LogP contribution < -0.4 is 0 Å². The Bertz CT molecular complexity index is 1200. The van der Waals surface area contributed by atoms with Crippen LogP contribution in [0, 0.1) is 0 Å². The molecule has 0 N–H and O–H groups in total. The van der Waals surface area contributed by atoms with Crippen LogP contribution in [0.15, 0.2) is 12.2 Å². The van der Waals surface area contributed by atoms with E-state index in [-0.39, 0.29) is 31.1 Å². The summed E-state index contributed by atoms with van der Waals surface area (Å²) in [5.74, 6) is -0.831. The van der Waals surface area contributed by atoms with Crippen LogP contribution in [-0.2, 0) is 28.6 Å². The molecule has 0 amide bonds. The molecule has 0 spiro atoms. The zero-order chi connectivity index (χ0) is 55.7. The van der Waals surface area contributed by atoms with Gasteiger partial charge >= 0.3 is 17.9 Å². The van der Waals surface area contributed by atoms with Crippen molar-refractivity contribution in [3.05, 3.63) is 12.2 Å². The van der Waals surface area contributed by atoms with Gasteiger partial charge in [0.1, 0.15) is 13.2 Å². The minimum atomic E-state index is -0.768. The molecule has 6 heteroatoms. The van der Waals surface area contributed by atoms with E-state index in [1.807, 2.05) is 0 Å². The Morgan fingerprint density at radius 1 is 0.247 bits per heavy atom. The normalized spacial score (nSPS) is 12.0. The first kappa shape index (κ1) is 75.2. The molecule has 0 aromatic carbocycles. The predicted molar refractivity (Wildman–Crippen MR) is 335 cm³/mol. The van der Waals surface area contributed by atoms with Crippen molar-refractivity contribution in [3.63, 3.8) is 0 Å². The molecule has 0 rings (SSSR count). The topological polar surface area (TPSA) is 78.9 Å². The Morgan fingerprint density at radius 3 is 0.649 bits per heavy atom. The summed E-state index contributed by atoms with van der Waals surface area (Å²) in [7, 11) is 0. The number of hydrogen-bond donors (Lipinski definition) is 0. The van der Waals surface area contributed by atoms with Crippen LogP contribution in [0.5, 0.6) is 0 Å². The van der Waals surface area contributed by atoms with E-state index >= 15 is 0 Å². The molecule has 1 atom stereocenters. The van der Waals surface area contributed by atoms with E-state index in [0.29, 0.717) is 19.3 Å². The van der Waals surface area contributed by atoms with Crippen LogP contribution in [0.4, 0.5) is 0 Å². The van der Waals surface area contributed by atoms with Crippen LogP contribution in [0.25, 0.3) is 0 Å². The fourth-order valence-electron chi connectivity index (χ4n) is 11.0. The van der Waals surface area contributed by atoms with Gasteiger partial charge in [-0.2, -0.15) is 0 Å². The minimum Gasteiger partial charge on any atom is -0.462 e. The van der Waals surface area contributed by atoms with Crippen LogP contribution in [0.1, 0.15) is 406 Å². The number of allylic oxidation sites excluding steroid dienone is 2. The number of carbonyl (C=O) groups excluding carboxylic acids is 3. The van der Waals surface area contributed by atoms with Crippen molar-refractivity contribution in [3.8, 4) is 0 Å². The highest BCUT2D eigenvalue weighted by atomic mass is 16.6. The van der Waals surface area contributed by atoms with Gasteiger partial charge in [0.15, 0.2) is 6.10 Å². The second kappa shape index (κ2) is 66.7. The molecular weight excluding hydrogens is 949 g/mol. The van der Waals surface area contributed by atoms with Gasteiger partial charge in [-0.15, -0.1) is 0 Å². The van der Waals surface area contributed by atoms with Crippen LogP contribution >= 0.6 is 0 Å². The molecule has 0 aliphatic rings. The van der Waals surface area contributed by atoms with Gasteiger partial charge in [0.25, 0.3) is 0 Å². The van der Waals surface area contributed by atoms with Crippen LogP contribution in [0.3, 0.4) is 0 Å². The van der Waals surface area contributed by atoms with Gasteiger partial charge in [0, 0.05) is 19.3 Å². The van der Waals surface area contributed by atoms with E-state index in [0.717, 1.165) is 57.8 Å². The summed E-state index contributed by atoms with van der Waals surface area (Å²) in [6.07, 6.45) is 79.5. The molecule has 456 valence electrons. The van der Waals surface area contributed by atoms with Gasteiger partial charge in [0.2, 0.25) is 0 Å². The SMILES string of the molecule is CCCCCCCCC/C=C\CCCCCCCCCC(=O)OCC(COC(=O)CCCCCCCCCCCCCCCCCCCCCCC)OC(=O)CCCCCCCCCCCCCCCCCCCCCC. The van der Waals surface area contributed by atoms with Gasteiger partial charge in [-0.05, 0) is 44.9 Å². The number of rotatable bonds is 66. The molecule has 0 radical (unpaired) electrons. The fourth-order valence-corrected chi connectivity index (χ4v) is 11.0. The van der Waals surface area contributed by atoms with E-state index < -0.39 is 6.10 Å². The largest absolute Gasteiger partial charge is 0.462 e. The van der Waals surface area contributed by atoms with Crippen LogP contribution in [-0.4, -0.2) is 37.2 Å². The molecule has 0 bridgehead atoms. The lowest BCUT2D eigenvalue weighted by Crippen LogP contribution is -2.30. The summed E-state index contributed by atoms with van der Waals surface area (Å²) < 4.78 is 17.0. The second-order valence-electron chi connectivity index (χ2n) is 24.2. The molecule has 0 fully saturated rings. The van der Waals surface area contributed by atoms with Crippen molar-refractivity contribution in [1.29, 1.82) is 0 Å². The third-order valence-corrected chi connectivity index (χ3v) is 16.3. The Kier molecular flexibility index (Phi) is 65.1. The lowest BCUT2D eigenvalue weighted by molar-refractivity contribution is -0.167. The summed E-state index contributed by atoms with van der Waals surface area (Å²) in [4.78, 5) is 38.5. The number of ether oxygens (including phenoxy) is 3. The van der Waals surface area contributed by atoms with Gasteiger partial charge in [-0.3, -0.25) is 14.4 Å². The Balaban J connectivity index is 4.29. The summed E-state index contributed by atoms with van der Waals surface area (Å²) in [6.45, 7) is 6.73. The molecule has 0 heterocycles. The Morgan fingerprint density at radius 2 is 0.429 bits per heavy atom. The maximum Gasteiger partial charge on any atom is 0.306 e. The quantitative estimate of drug-likeness (QED) is 0.0261. The summed E-state index contributed by atoms with van der Waals surface area (Å²) in [5.41, 5.74) is 0. The first-order chi connectivity index (χ1) is 38.0. The fraction of sp³-hybridized carbons (Fsp3) is 0.930. The average Bonchev–Trinajstić information content (AvgIpc) is 3.43. The lowest BCUT2D eigenvalue weighted by atomic mass is 10.0. The van der Waals surface area contributed by atoms with E-state index in [1.165, 1.54) is 308 Å². The molecule has 1 unspecified atom stereocenters. The third kappa shape index (κ3) is 64.9. The number of unbranched alkanes of at least 4 members (excludes halogenated alkanes) is 53. The minimum absolute atomic E-state index is 0.0641. The first-order valence-electron chi connectivity index (χ1n) is 35.2. The standard InChI is InChI=1S/C71H136O6/c1-4-7-10-13-16-19-22-25-28-31-34-36-38-40-43-46-49-52-55-58-61-64-70(73)76-67-68(66-75-69(72)63-60-57-54-51-48-45-42-39-33-30-27-24-21-18-15-12-9-6-3)77-71(74)65-62-59-56-53-50-47-44-41-37-35-32-29-26-23-20-17-14-11-8-5-2/h30,33,68H,4-29,31-32,34-67H2,1-3H3/b33-30-. The van der Waals surface area contributed by atoms with E-state index in [4.69, 9.17) is 14.2 Å². The second-order valence-corrected chi connectivity index (χ2v) is 24.2. The zero-order valence-electron chi connectivity index (χ0n) is 52.5. The van der Waals surface area contributed by atoms with Gasteiger partial charge in [0.05, 0.1) is 0 Å². The highest BCUT2D eigenvalue weighted by Gasteiger charge is 2.19. The Hall–Kier alpha value is -1.85. The summed E-state index contributed by atoms with van der Waals surface area (Å²) >= 11 is 0. The van der Waals surface area contributed by atoms with Crippen molar-refractivity contribution in [1.82, 2.24) is 0 Å².